The Morgan fingerprint density at radius 1 is 1.31 bits per heavy atom. The van der Waals surface area contributed by atoms with Crippen molar-refractivity contribution >= 4 is 15.9 Å². The van der Waals surface area contributed by atoms with Crippen LogP contribution in [-0.4, -0.2) is 0 Å². The van der Waals surface area contributed by atoms with E-state index >= 15 is 0 Å². The van der Waals surface area contributed by atoms with Crippen molar-refractivity contribution in [3.63, 3.8) is 0 Å². The van der Waals surface area contributed by atoms with Crippen molar-refractivity contribution in [1.29, 1.82) is 0 Å². The Morgan fingerprint density at radius 2 is 1.92 bits per heavy atom. The number of benzene rings is 1. The number of aryl methyl sites for hydroxylation is 1. The summed E-state index contributed by atoms with van der Waals surface area (Å²) in [6.07, 6.45) is -3.89. The molecule has 0 atom stereocenters. The van der Waals surface area contributed by atoms with Gasteiger partial charge in [0.05, 0.1) is 5.56 Å². The maximum absolute atomic E-state index is 12.5. The van der Waals surface area contributed by atoms with Gasteiger partial charge in [-0.05, 0) is 18.1 Å². The minimum absolute atomic E-state index is 0.111. The Bertz CT molecular complexity index is 304. The molecule has 0 saturated carbocycles. The lowest BCUT2D eigenvalue weighted by molar-refractivity contribution is -0.138. The van der Waals surface area contributed by atoms with Gasteiger partial charge in [-0.25, -0.2) is 0 Å². The fourth-order valence-electron chi connectivity index (χ4n) is 1.18. The molecule has 0 spiro atoms. The van der Waals surface area contributed by atoms with Gasteiger partial charge in [0.15, 0.2) is 0 Å². The van der Waals surface area contributed by atoms with Crippen LogP contribution < -0.4 is 0 Å². The molecule has 1 aromatic rings. The summed E-state index contributed by atoms with van der Waals surface area (Å²) in [5.41, 5.74) is -0.237. The maximum atomic E-state index is 12.5. The smallest absolute Gasteiger partial charge is 0.166 e. The fourth-order valence-corrected chi connectivity index (χ4v) is 1.81. The summed E-state index contributed by atoms with van der Waals surface area (Å²) in [5.74, 6) is 0. The van der Waals surface area contributed by atoms with Crippen LogP contribution in [0.1, 0.15) is 18.1 Å². The van der Waals surface area contributed by atoms with Crippen LogP contribution >= 0.6 is 15.9 Å². The molecule has 0 saturated heterocycles. The van der Waals surface area contributed by atoms with Gasteiger partial charge in [0.25, 0.3) is 0 Å². The molecule has 0 fully saturated rings. The summed E-state index contributed by atoms with van der Waals surface area (Å²) in [5, 5.41) is 0. The van der Waals surface area contributed by atoms with Gasteiger partial charge < -0.3 is 0 Å². The van der Waals surface area contributed by atoms with E-state index in [1.807, 2.05) is 0 Å². The lowest BCUT2D eigenvalue weighted by Gasteiger charge is -2.13. The molecule has 1 aromatic carbocycles. The van der Waals surface area contributed by atoms with Gasteiger partial charge in [-0.15, -0.1) is 0 Å². The highest BCUT2D eigenvalue weighted by Crippen LogP contribution is 2.37. The van der Waals surface area contributed by atoms with E-state index in [0.717, 1.165) is 0 Å². The number of rotatable bonds is 1. The molecule has 0 nitrogen and oxygen atoms in total. The molecular weight excluding hydrogens is 245 g/mol. The molecule has 1 rings (SSSR count). The van der Waals surface area contributed by atoms with Crippen LogP contribution in [0.3, 0.4) is 0 Å². The molecule has 13 heavy (non-hydrogen) atoms. The average molecular weight is 253 g/mol. The van der Waals surface area contributed by atoms with Crippen molar-refractivity contribution in [3.05, 3.63) is 33.8 Å². The van der Waals surface area contributed by atoms with Crippen LogP contribution in [0.4, 0.5) is 13.2 Å². The summed E-state index contributed by atoms with van der Waals surface area (Å²) in [6, 6.07) is 4.51. The van der Waals surface area contributed by atoms with Crippen LogP contribution in [0.15, 0.2) is 22.7 Å². The van der Waals surface area contributed by atoms with Gasteiger partial charge in [0.2, 0.25) is 0 Å². The van der Waals surface area contributed by atoms with Crippen molar-refractivity contribution in [3.8, 4) is 0 Å². The summed E-state index contributed by atoms with van der Waals surface area (Å²) < 4.78 is 37.5. The van der Waals surface area contributed by atoms with Crippen molar-refractivity contribution in [2.45, 2.75) is 19.5 Å². The average Bonchev–Trinajstić information content (AvgIpc) is 2.01. The lowest BCUT2D eigenvalue weighted by atomic mass is 10.1. The van der Waals surface area contributed by atoms with E-state index in [4.69, 9.17) is 0 Å². The standard InChI is InChI=1S/C9H8BrF3/c1-2-6-4-3-5-7(10)8(6)9(11,12)13/h3-5H,2H2,1H3. The first-order valence-electron chi connectivity index (χ1n) is 3.81. The van der Waals surface area contributed by atoms with Crippen LogP contribution in [0.25, 0.3) is 0 Å². The van der Waals surface area contributed by atoms with Gasteiger partial charge in [-0.1, -0.05) is 35.0 Å². The SMILES string of the molecule is CCc1cccc(Br)c1C(F)(F)F. The van der Waals surface area contributed by atoms with E-state index in [1.165, 1.54) is 12.1 Å². The molecule has 0 heterocycles. The quantitative estimate of drug-likeness (QED) is 0.708. The second kappa shape index (κ2) is 3.70. The molecular formula is C9H8BrF3. The fraction of sp³-hybridized carbons (Fsp3) is 0.333. The van der Waals surface area contributed by atoms with Crippen LogP contribution in [0, 0.1) is 0 Å². The van der Waals surface area contributed by atoms with Crippen LogP contribution in [0.5, 0.6) is 0 Å². The van der Waals surface area contributed by atoms with Gasteiger partial charge in [-0.2, -0.15) is 13.2 Å². The molecule has 0 aliphatic heterocycles. The summed E-state index contributed by atoms with van der Waals surface area (Å²) in [6.45, 7) is 1.71. The Labute approximate surface area is 82.9 Å². The van der Waals surface area contributed by atoms with Gasteiger partial charge in [0, 0.05) is 4.47 Å². The van der Waals surface area contributed by atoms with E-state index in [1.54, 1.807) is 13.0 Å². The van der Waals surface area contributed by atoms with E-state index in [-0.39, 0.29) is 4.47 Å². The minimum atomic E-state index is -4.27. The molecule has 0 aromatic heterocycles. The Hall–Kier alpha value is -0.510. The minimum Gasteiger partial charge on any atom is -0.166 e. The number of hydrogen-bond acceptors (Lipinski definition) is 0. The highest BCUT2D eigenvalue weighted by molar-refractivity contribution is 9.10. The van der Waals surface area contributed by atoms with Crippen molar-refractivity contribution in [1.82, 2.24) is 0 Å². The molecule has 0 bridgehead atoms. The second-order valence-corrected chi connectivity index (χ2v) is 3.48. The zero-order chi connectivity index (χ0) is 10.1. The highest BCUT2D eigenvalue weighted by atomic mass is 79.9. The van der Waals surface area contributed by atoms with Crippen molar-refractivity contribution in [2.24, 2.45) is 0 Å². The molecule has 0 amide bonds. The van der Waals surface area contributed by atoms with Crippen LogP contribution in [-0.2, 0) is 12.6 Å². The Morgan fingerprint density at radius 3 is 2.31 bits per heavy atom. The van der Waals surface area contributed by atoms with Crippen molar-refractivity contribution in [2.75, 3.05) is 0 Å². The normalized spacial score (nSPS) is 11.8. The van der Waals surface area contributed by atoms with E-state index in [2.05, 4.69) is 15.9 Å². The maximum Gasteiger partial charge on any atom is 0.417 e. The third kappa shape index (κ3) is 2.24. The van der Waals surface area contributed by atoms with Crippen molar-refractivity contribution < 1.29 is 13.2 Å². The third-order valence-electron chi connectivity index (χ3n) is 1.76. The third-order valence-corrected chi connectivity index (χ3v) is 2.43. The summed E-state index contributed by atoms with van der Waals surface area (Å²) in [7, 11) is 0. The highest BCUT2D eigenvalue weighted by Gasteiger charge is 2.34. The van der Waals surface area contributed by atoms with Gasteiger partial charge in [-0.3, -0.25) is 0 Å². The first-order valence-corrected chi connectivity index (χ1v) is 4.60. The Balaban J connectivity index is 3.32. The van der Waals surface area contributed by atoms with Gasteiger partial charge >= 0.3 is 6.18 Å². The Kier molecular flexibility index (Phi) is 3.01. The van der Waals surface area contributed by atoms with E-state index < -0.39 is 11.7 Å². The summed E-state index contributed by atoms with van der Waals surface area (Å²) >= 11 is 2.90. The first-order chi connectivity index (χ1) is 5.96. The molecule has 0 N–H and O–H groups in total. The largest absolute Gasteiger partial charge is 0.417 e. The molecule has 0 aliphatic rings. The first kappa shape index (κ1) is 10.6. The number of alkyl halides is 3. The van der Waals surface area contributed by atoms with E-state index in [9.17, 15) is 13.2 Å². The number of hydrogen-bond donors (Lipinski definition) is 0. The molecule has 0 radical (unpaired) electrons. The topological polar surface area (TPSA) is 0 Å². The number of halogens is 4. The zero-order valence-corrected chi connectivity index (χ0v) is 8.54. The lowest BCUT2D eigenvalue weighted by Crippen LogP contribution is -2.09. The van der Waals surface area contributed by atoms with Crippen LogP contribution in [0.2, 0.25) is 0 Å². The summed E-state index contributed by atoms with van der Waals surface area (Å²) in [4.78, 5) is 0. The molecule has 0 unspecified atom stereocenters. The zero-order valence-electron chi connectivity index (χ0n) is 6.95. The molecule has 72 valence electrons. The second-order valence-electron chi connectivity index (χ2n) is 2.63. The monoisotopic (exact) mass is 252 g/mol. The van der Waals surface area contributed by atoms with Gasteiger partial charge in [0.1, 0.15) is 0 Å². The predicted octanol–water partition coefficient (Wildman–Crippen LogP) is 4.03. The molecule has 4 heteroatoms. The predicted molar refractivity (Wildman–Crippen MR) is 48.5 cm³/mol. The van der Waals surface area contributed by atoms with E-state index in [0.29, 0.717) is 12.0 Å². The molecule has 0 aliphatic carbocycles.